The first kappa shape index (κ1) is 14.5. The van der Waals surface area contributed by atoms with Crippen molar-refractivity contribution in [2.24, 2.45) is 0 Å². The van der Waals surface area contributed by atoms with Gasteiger partial charge in [-0.15, -0.1) is 0 Å². The molecule has 4 heteroatoms. The summed E-state index contributed by atoms with van der Waals surface area (Å²) < 4.78 is 10.1. The summed E-state index contributed by atoms with van der Waals surface area (Å²) in [7, 11) is 6.77. The molecule has 0 saturated heterocycles. The molecule has 0 fully saturated rings. The zero-order valence-electron chi connectivity index (χ0n) is 11.7. The minimum Gasteiger partial charge on any atom is -0.496 e. The minimum absolute atomic E-state index is 0.257. The van der Waals surface area contributed by atoms with Gasteiger partial charge in [0.15, 0.2) is 0 Å². The number of rotatable bonds is 5. The molecule has 0 bridgehead atoms. The Morgan fingerprint density at radius 2 is 2.00 bits per heavy atom. The van der Waals surface area contributed by atoms with Crippen LogP contribution in [0.25, 0.3) is 0 Å². The number of aryl methyl sites for hydroxylation is 1. The molecule has 1 rings (SSSR count). The van der Waals surface area contributed by atoms with Crippen molar-refractivity contribution in [3.05, 3.63) is 29.3 Å². The number of esters is 1. The van der Waals surface area contributed by atoms with E-state index in [0.29, 0.717) is 0 Å². The van der Waals surface area contributed by atoms with E-state index in [-0.39, 0.29) is 12.0 Å². The van der Waals surface area contributed by atoms with Crippen LogP contribution < -0.4 is 4.74 Å². The predicted octanol–water partition coefficient (Wildman–Crippen LogP) is 2.03. The summed E-state index contributed by atoms with van der Waals surface area (Å²) in [5.41, 5.74) is 2.01. The van der Waals surface area contributed by atoms with Gasteiger partial charge in [0, 0.05) is 0 Å². The first-order chi connectivity index (χ1) is 8.54. The van der Waals surface area contributed by atoms with Gasteiger partial charge in [-0.1, -0.05) is 13.0 Å². The van der Waals surface area contributed by atoms with E-state index < -0.39 is 0 Å². The van der Waals surface area contributed by atoms with E-state index in [1.807, 2.05) is 37.2 Å². The Labute approximate surface area is 108 Å². The lowest BCUT2D eigenvalue weighted by molar-refractivity contribution is -0.146. The number of hydrogen-bond donors (Lipinski definition) is 0. The highest BCUT2D eigenvalue weighted by Gasteiger charge is 2.24. The maximum absolute atomic E-state index is 11.8. The van der Waals surface area contributed by atoms with Gasteiger partial charge in [0.25, 0.3) is 0 Å². The largest absolute Gasteiger partial charge is 0.496 e. The summed E-state index contributed by atoms with van der Waals surface area (Å²) in [6.45, 7) is 2.06. The molecule has 0 amide bonds. The fourth-order valence-corrected chi connectivity index (χ4v) is 2.00. The van der Waals surface area contributed by atoms with Gasteiger partial charge in [-0.2, -0.15) is 0 Å². The van der Waals surface area contributed by atoms with E-state index in [4.69, 9.17) is 9.47 Å². The summed E-state index contributed by atoms with van der Waals surface area (Å²) in [4.78, 5) is 13.7. The molecule has 1 aromatic rings. The Bertz CT molecular complexity index is 416. The van der Waals surface area contributed by atoms with Crippen LogP contribution in [0.15, 0.2) is 18.2 Å². The van der Waals surface area contributed by atoms with Crippen LogP contribution in [0.2, 0.25) is 0 Å². The van der Waals surface area contributed by atoms with Crippen molar-refractivity contribution >= 4 is 5.97 Å². The van der Waals surface area contributed by atoms with E-state index in [0.717, 1.165) is 23.3 Å². The molecular weight excluding hydrogens is 230 g/mol. The molecule has 0 radical (unpaired) electrons. The first-order valence-corrected chi connectivity index (χ1v) is 5.96. The standard InChI is InChI=1S/C14H21NO3/c1-6-10-9-11(7-8-12(10)17-4)13(15(2)3)14(16)18-5/h7-9,13H,6H2,1-5H3. The summed E-state index contributed by atoms with van der Waals surface area (Å²) in [5, 5.41) is 0. The molecule has 4 nitrogen and oxygen atoms in total. The van der Waals surface area contributed by atoms with Crippen LogP contribution in [0.4, 0.5) is 0 Å². The lowest BCUT2D eigenvalue weighted by Crippen LogP contribution is -2.28. The van der Waals surface area contributed by atoms with E-state index in [9.17, 15) is 4.79 Å². The molecule has 100 valence electrons. The zero-order chi connectivity index (χ0) is 13.7. The maximum atomic E-state index is 11.8. The normalized spacial score (nSPS) is 12.3. The number of nitrogens with zero attached hydrogens (tertiary/aromatic N) is 1. The van der Waals surface area contributed by atoms with Crippen LogP contribution in [0.1, 0.15) is 24.1 Å². The van der Waals surface area contributed by atoms with Crippen LogP contribution in [-0.4, -0.2) is 39.2 Å². The maximum Gasteiger partial charge on any atom is 0.327 e. The third-order valence-electron chi connectivity index (χ3n) is 2.94. The van der Waals surface area contributed by atoms with Crippen LogP contribution in [0, 0.1) is 0 Å². The topological polar surface area (TPSA) is 38.8 Å². The van der Waals surface area contributed by atoms with Crippen LogP contribution in [-0.2, 0) is 16.0 Å². The van der Waals surface area contributed by atoms with Gasteiger partial charge in [-0.25, -0.2) is 4.79 Å². The molecule has 0 aliphatic heterocycles. The lowest BCUT2D eigenvalue weighted by atomic mass is 10.0. The monoisotopic (exact) mass is 251 g/mol. The molecule has 0 aliphatic rings. The summed E-state index contributed by atoms with van der Waals surface area (Å²) in [6, 6.07) is 5.42. The van der Waals surface area contributed by atoms with E-state index in [2.05, 4.69) is 6.92 Å². The summed E-state index contributed by atoms with van der Waals surface area (Å²) in [6.07, 6.45) is 0.859. The number of likely N-dealkylation sites (N-methyl/N-ethyl adjacent to an activating group) is 1. The molecule has 1 unspecified atom stereocenters. The molecule has 0 heterocycles. The van der Waals surface area contributed by atoms with Crippen molar-refractivity contribution in [1.29, 1.82) is 0 Å². The lowest BCUT2D eigenvalue weighted by Gasteiger charge is -2.23. The van der Waals surface area contributed by atoms with E-state index >= 15 is 0 Å². The number of methoxy groups -OCH3 is 2. The fraction of sp³-hybridized carbons (Fsp3) is 0.500. The molecular formula is C14H21NO3. The van der Waals surface area contributed by atoms with Gasteiger partial charge in [0.05, 0.1) is 14.2 Å². The SMILES string of the molecule is CCc1cc(C(C(=O)OC)N(C)C)ccc1OC. The molecule has 0 N–H and O–H groups in total. The molecule has 1 atom stereocenters. The average molecular weight is 251 g/mol. The quantitative estimate of drug-likeness (QED) is 0.751. The van der Waals surface area contributed by atoms with Crippen molar-refractivity contribution < 1.29 is 14.3 Å². The molecule has 0 saturated carbocycles. The second-order valence-corrected chi connectivity index (χ2v) is 4.31. The Hall–Kier alpha value is -1.55. The highest BCUT2D eigenvalue weighted by molar-refractivity contribution is 5.77. The Kier molecular flexibility index (Phi) is 5.16. The smallest absolute Gasteiger partial charge is 0.327 e. The summed E-state index contributed by atoms with van der Waals surface area (Å²) >= 11 is 0. The molecule has 0 aromatic heterocycles. The predicted molar refractivity (Wildman–Crippen MR) is 70.8 cm³/mol. The number of hydrogen-bond acceptors (Lipinski definition) is 4. The molecule has 0 aliphatic carbocycles. The number of benzene rings is 1. The van der Waals surface area contributed by atoms with Crippen molar-refractivity contribution in [2.75, 3.05) is 28.3 Å². The van der Waals surface area contributed by atoms with Gasteiger partial charge in [-0.05, 0) is 43.8 Å². The van der Waals surface area contributed by atoms with Crippen LogP contribution >= 0.6 is 0 Å². The zero-order valence-corrected chi connectivity index (χ0v) is 11.7. The highest BCUT2D eigenvalue weighted by atomic mass is 16.5. The van der Waals surface area contributed by atoms with Crippen molar-refractivity contribution in [1.82, 2.24) is 4.90 Å². The summed E-state index contributed by atoms with van der Waals surface area (Å²) in [5.74, 6) is 0.593. The molecule has 1 aromatic carbocycles. The highest BCUT2D eigenvalue weighted by Crippen LogP contribution is 2.26. The number of carbonyl (C=O) groups is 1. The molecule has 18 heavy (non-hydrogen) atoms. The van der Waals surface area contributed by atoms with Crippen LogP contribution in [0.5, 0.6) is 5.75 Å². The average Bonchev–Trinajstić information content (AvgIpc) is 2.37. The van der Waals surface area contributed by atoms with Crippen molar-refractivity contribution in [3.8, 4) is 5.75 Å². The third kappa shape index (κ3) is 3.01. The number of carbonyl (C=O) groups excluding carboxylic acids is 1. The fourth-order valence-electron chi connectivity index (χ4n) is 2.00. The Morgan fingerprint density at radius 1 is 1.33 bits per heavy atom. The third-order valence-corrected chi connectivity index (χ3v) is 2.94. The van der Waals surface area contributed by atoms with Crippen LogP contribution in [0.3, 0.4) is 0 Å². The van der Waals surface area contributed by atoms with Gasteiger partial charge in [0.1, 0.15) is 11.8 Å². The van der Waals surface area contributed by atoms with Gasteiger partial charge in [-0.3, -0.25) is 4.90 Å². The van der Waals surface area contributed by atoms with E-state index in [1.165, 1.54) is 7.11 Å². The first-order valence-electron chi connectivity index (χ1n) is 5.96. The minimum atomic E-state index is -0.383. The second-order valence-electron chi connectivity index (χ2n) is 4.31. The Morgan fingerprint density at radius 3 is 2.44 bits per heavy atom. The van der Waals surface area contributed by atoms with Gasteiger partial charge < -0.3 is 9.47 Å². The van der Waals surface area contributed by atoms with Gasteiger partial charge >= 0.3 is 5.97 Å². The van der Waals surface area contributed by atoms with E-state index in [1.54, 1.807) is 7.11 Å². The van der Waals surface area contributed by atoms with Gasteiger partial charge in [0.2, 0.25) is 0 Å². The molecule has 0 spiro atoms. The van der Waals surface area contributed by atoms with Crippen molar-refractivity contribution in [2.45, 2.75) is 19.4 Å². The Balaban J connectivity index is 3.17. The number of ether oxygens (including phenoxy) is 2. The second kappa shape index (κ2) is 6.40. The van der Waals surface area contributed by atoms with Crippen molar-refractivity contribution in [3.63, 3.8) is 0 Å².